The number of piperidine rings is 1. The molecule has 1 amide bonds. The molecule has 2 fully saturated rings. The van der Waals surface area contributed by atoms with Crippen molar-refractivity contribution < 1.29 is 26.7 Å². The molecular formula is C17H19F5N2O. The summed E-state index contributed by atoms with van der Waals surface area (Å²) in [5.74, 6) is -3.00. The predicted octanol–water partition coefficient (Wildman–Crippen LogP) is 3.21. The first-order chi connectivity index (χ1) is 11.7. The van der Waals surface area contributed by atoms with E-state index in [1.165, 1.54) is 17.0 Å². The molecule has 0 unspecified atom stereocenters. The molecule has 0 spiro atoms. The summed E-state index contributed by atoms with van der Waals surface area (Å²) >= 11 is 0. The van der Waals surface area contributed by atoms with Crippen molar-refractivity contribution in [3.8, 4) is 0 Å². The predicted molar refractivity (Wildman–Crippen MR) is 80.9 cm³/mol. The second-order valence-electron chi connectivity index (χ2n) is 6.79. The lowest BCUT2D eigenvalue weighted by molar-refractivity contribution is -0.148. The summed E-state index contributed by atoms with van der Waals surface area (Å²) < 4.78 is 64.5. The van der Waals surface area contributed by atoms with Gasteiger partial charge in [0.05, 0.1) is 6.54 Å². The van der Waals surface area contributed by atoms with Crippen molar-refractivity contribution in [2.45, 2.75) is 37.4 Å². The molecule has 3 rings (SSSR count). The SMILES string of the molecule is O=C(N[C@@H]1CCCN(CC(F)(F)F)C1)[C@@H]1C[C@H]1c1cccc(F)c1F. The maximum Gasteiger partial charge on any atom is 0.401 e. The number of benzene rings is 1. The number of nitrogens with zero attached hydrogens (tertiary/aromatic N) is 1. The van der Waals surface area contributed by atoms with Crippen molar-refractivity contribution in [2.75, 3.05) is 19.6 Å². The molecule has 1 heterocycles. The summed E-state index contributed by atoms with van der Waals surface area (Å²) in [4.78, 5) is 13.6. The van der Waals surface area contributed by atoms with Crippen molar-refractivity contribution in [1.82, 2.24) is 10.2 Å². The zero-order chi connectivity index (χ0) is 18.2. The Morgan fingerprint density at radius 2 is 2.04 bits per heavy atom. The van der Waals surface area contributed by atoms with Gasteiger partial charge in [0, 0.05) is 18.5 Å². The lowest BCUT2D eigenvalue weighted by Crippen LogP contribution is -2.50. The highest BCUT2D eigenvalue weighted by Gasteiger charge is 2.46. The maximum atomic E-state index is 13.8. The molecule has 3 nitrogen and oxygen atoms in total. The number of halogens is 5. The van der Waals surface area contributed by atoms with Gasteiger partial charge in [-0.25, -0.2) is 8.78 Å². The lowest BCUT2D eigenvalue weighted by Gasteiger charge is -2.33. The fraction of sp³-hybridized carbons (Fsp3) is 0.588. The van der Waals surface area contributed by atoms with Crippen LogP contribution in [0.15, 0.2) is 18.2 Å². The molecule has 1 aliphatic heterocycles. The minimum Gasteiger partial charge on any atom is -0.352 e. The fourth-order valence-electron chi connectivity index (χ4n) is 3.51. The number of nitrogens with one attached hydrogen (secondary N) is 1. The fourth-order valence-corrected chi connectivity index (χ4v) is 3.51. The molecule has 1 aliphatic carbocycles. The molecule has 1 N–H and O–H groups in total. The Morgan fingerprint density at radius 3 is 2.76 bits per heavy atom. The Kier molecular flexibility index (Phi) is 4.99. The third-order valence-electron chi connectivity index (χ3n) is 4.76. The third kappa shape index (κ3) is 4.48. The van der Waals surface area contributed by atoms with Crippen LogP contribution in [0.1, 0.15) is 30.7 Å². The van der Waals surface area contributed by atoms with E-state index in [9.17, 15) is 26.7 Å². The third-order valence-corrected chi connectivity index (χ3v) is 4.76. The zero-order valence-corrected chi connectivity index (χ0v) is 13.5. The van der Waals surface area contributed by atoms with Gasteiger partial charge < -0.3 is 5.32 Å². The van der Waals surface area contributed by atoms with Crippen LogP contribution >= 0.6 is 0 Å². The van der Waals surface area contributed by atoms with Crippen LogP contribution in [-0.2, 0) is 4.79 Å². The number of amides is 1. The summed E-state index contributed by atoms with van der Waals surface area (Å²) in [6, 6.07) is 3.54. The molecule has 1 saturated heterocycles. The Bertz CT molecular complexity index is 648. The first-order valence-corrected chi connectivity index (χ1v) is 8.28. The molecule has 25 heavy (non-hydrogen) atoms. The van der Waals surface area contributed by atoms with Crippen LogP contribution in [0.5, 0.6) is 0 Å². The minimum atomic E-state index is -4.26. The highest BCUT2D eigenvalue weighted by molar-refractivity contribution is 5.83. The van der Waals surface area contributed by atoms with Crippen LogP contribution in [0.4, 0.5) is 22.0 Å². The molecule has 1 aromatic carbocycles. The molecule has 1 saturated carbocycles. The summed E-state index contributed by atoms with van der Waals surface area (Å²) in [6.07, 6.45) is -2.65. The van der Waals surface area contributed by atoms with Gasteiger partial charge in [-0.2, -0.15) is 13.2 Å². The second-order valence-corrected chi connectivity index (χ2v) is 6.79. The maximum absolute atomic E-state index is 13.8. The zero-order valence-electron chi connectivity index (χ0n) is 13.5. The van der Waals surface area contributed by atoms with Crippen LogP contribution in [0, 0.1) is 17.6 Å². The summed E-state index contributed by atoms with van der Waals surface area (Å²) in [5.41, 5.74) is 0.183. The standard InChI is InChI=1S/C17H19F5N2O/c18-14-5-1-4-11(15(14)19)12-7-13(12)16(25)23-10-3-2-6-24(8-10)9-17(20,21)22/h1,4-5,10,12-13H,2-3,6-9H2,(H,23,25)/t10-,12+,13-/m1/s1. The Hall–Kier alpha value is -1.70. The van der Waals surface area contributed by atoms with Gasteiger partial charge >= 0.3 is 6.18 Å². The van der Waals surface area contributed by atoms with Gasteiger partial charge in [0.15, 0.2) is 11.6 Å². The Labute approximate surface area is 142 Å². The van der Waals surface area contributed by atoms with E-state index in [1.54, 1.807) is 0 Å². The second kappa shape index (κ2) is 6.90. The van der Waals surface area contributed by atoms with Crippen LogP contribution < -0.4 is 5.32 Å². The first-order valence-electron chi connectivity index (χ1n) is 8.28. The van der Waals surface area contributed by atoms with Crippen LogP contribution in [0.2, 0.25) is 0 Å². The normalized spacial score (nSPS) is 27.2. The van der Waals surface area contributed by atoms with E-state index >= 15 is 0 Å². The van der Waals surface area contributed by atoms with Crippen molar-refractivity contribution in [1.29, 1.82) is 0 Å². The number of rotatable bonds is 4. The summed E-state index contributed by atoms with van der Waals surface area (Å²) in [5, 5.41) is 2.77. The smallest absolute Gasteiger partial charge is 0.352 e. The largest absolute Gasteiger partial charge is 0.401 e. The number of hydrogen-bond acceptors (Lipinski definition) is 2. The van der Waals surface area contributed by atoms with Gasteiger partial charge in [-0.3, -0.25) is 9.69 Å². The molecule has 3 atom stereocenters. The monoisotopic (exact) mass is 362 g/mol. The number of carbonyl (C=O) groups is 1. The van der Waals surface area contributed by atoms with Crippen LogP contribution in [-0.4, -0.2) is 42.7 Å². The van der Waals surface area contributed by atoms with E-state index in [2.05, 4.69) is 5.32 Å². The Morgan fingerprint density at radius 1 is 1.28 bits per heavy atom. The van der Waals surface area contributed by atoms with Crippen molar-refractivity contribution in [3.05, 3.63) is 35.4 Å². The van der Waals surface area contributed by atoms with Gasteiger partial charge in [-0.15, -0.1) is 0 Å². The highest BCUT2D eigenvalue weighted by Crippen LogP contribution is 2.48. The number of alkyl halides is 3. The number of likely N-dealkylation sites (tertiary alicyclic amines) is 1. The highest BCUT2D eigenvalue weighted by atomic mass is 19.4. The molecular weight excluding hydrogens is 343 g/mol. The average Bonchev–Trinajstić information content (AvgIpc) is 3.29. The van der Waals surface area contributed by atoms with Crippen molar-refractivity contribution >= 4 is 5.91 Å². The summed E-state index contributed by atoms with van der Waals surface area (Å²) in [7, 11) is 0. The molecule has 2 aliphatic rings. The number of hydrogen-bond donors (Lipinski definition) is 1. The molecule has 0 bridgehead atoms. The van der Waals surface area contributed by atoms with E-state index in [4.69, 9.17) is 0 Å². The van der Waals surface area contributed by atoms with E-state index in [1.807, 2.05) is 0 Å². The van der Waals surface area contributed by atoms with Crippen LogP contribution in [0.3, 0.4) is 0 Å². The van der Waals surface area contributed by atoms with E-state index in [0.29, 0.717) is 25.8 Å². The van der Waals surface area contributed by atoms with Gasteiger partial charge in [-0.1, -0.05) is 12.1 Å². The number of carbonyl (C=O) groups excluding carboxylic acids is 1. The average molecular weight is 362 g/mol. The van der Waals surface area contributed by atoms with Crippen LogP contribution in [0.25, 0.3) is 0 Å². The molecule has 1 aromatic rings. The van der Waals surface area contributed by atoms with Crippen molar-refractivity contribution in [2.24, 2.45) is 5.92 Å². The quantitative estimate of drug-likeness (QED) is 0.835. The molecule has 0 radical (unpaired) electrons. The van der Waals surface area contributed by atoms with Gasteiger partial charge in [0.25, 0.3) is 0 Å². The minimum absolute atomic E-state index is 0.150. The first kappa shape index (κ1) is 18.1. The van der Waals surface area contributed by atoms with Gasteiger partial charge in [-0.05, 0) is 43.4 Å². The Balaban J connectivity index is 1.54. The lowest BCUT2D eigenvalue weighted by atomic mass is 10.0. The van der Waals surface area contributed by atoms with E-state index in [0.717, 1.165) is 6.07 Å². The molecule has 138 valence electrons. The summed E-state index contributed by atoms with van der Waals surface area (Å²) in [6.45, 7) is -0.483. The molecule has 0 aromatic heterocycles. The topological polar surface area (TPSA) is 32.3 Å². The van der Waals surface area contributed by atoms with Gasteiger partial charge in [0.1, 0.15) is 0 Å². The van der Waals surface area contributed by atoms with Gasteiger partial charge in [0.2, 0.25) is 5.91 Å². The molecule has 8 heteroatoms. The van der Waals surface area contributed by atoms with E-state index in [-0.39, 0.29) is 30.0 Å². The van der Waals surface area contributed by atoms with E-state index < -0.39 is 30.3 Å². The van der Waals surface area contributed by atoms with Crippen molar-refractivity contribution in [3.63, 3.8) is 0 Å².